The fourth-order valence-corrected chi connectivity index (χ4v) is 3.68. The van der Waals surface area contributed by atoms with Gasteiger partial charge < -0.3 is 10.2 Å². The van der Waals surface area contributed by atoms with Gasteiger partial charge in [0.05, 0.1) is 0 Å². The molecule has 1 aromatic carbocycles. The molecular weight excluding hydrogens is 270 g/mol. The first-order valence-electron chi connectivity index (χ1n) is 8.22. The van der Waals surface area contributed by atoms with E-state index in [4.69, 9.17) is 5.41 Å². The second kappa shape index (κ2) is 6.55. The van der Waals surface area contributed by atoms with E-state index in [1.54, 1.807) is 0 Å². The molecule has 1 heterocycles. The summed E-state index contributed by atoms with van der Waals surface area (Å²) in [5, 5.41) is 12.1. The molecule has 1 aromatic rings. The Morgan fingerprint density at radius 1 is 1.18 bits per heavy atom. The number of rotatable bonds is 3. The van der Waals surface area contributed by atoms with Crippen molar-refractivity contribution >= 4 is 11.5 Å². The van der Waals surface area contributed by atoms with Gasteiger partial charge in [-0.25, -0.2) is 0 Å². The van der Waals surface area contributed by atoms with Gasteiger partial charge in [-0.2, -0.15) is 0 Å². The third kappa shape index (κ3) is 3.03. The summed E-state index contributed by atoms with van der Waals surface area (Å²) >= 11 is 0. The minimum absolute atomic E-state index is 0.417. The van der Waals surface area contributed by atoms with Gasteiger partial charge in [-0.15, -0.1) is 0 Å². The van der Waals surface area contributed by atoms with Crippen LogP contribution in [-0.2, 0) is 0 Å². The molecule has 1 saturated heterocycles. The molecule has 2 N–H and O–H groups in total. The first kappa shape index (κ1) is 16.6. The van der Waals surface area contributed by atoms with E-state index < -0.39 is 0 Å². The van der Waals surface area contributed by atoms with E-state index in [0.29, 0.717) is 11.8 Å². The van der Waals surface area contributed by atoms with Crippen LogP contribution in [0.25, 0.3) is 0 Å². The van der Waals surface area contributed by atoms with Crippen molar-refractivity contribution in [2.75, 3.05) is 18.5 Å². The predicted molar refractivity (Wildman–Crippen MR) is 95.9 cm³/mol. The van der Waals surface area contributed by atoms with Crippen LogP contribution >= 0.6 is 0 Å². The number of aryl methyl sites for hydroxylation is 3. The molecule has 3 heteroatoms. The summed E-state index contributed by atoms with van der Waals surface area (Å²) in [5.74, 6) is 1.08. The molecule has 0 unspecified atom stereocenters. The zero-order chi connectivity index (χ0) is 16.4. The Balaban J connectivity index is 2.48. The quantitative estimate of drug-likeness (QED) is 0.872. The molecule has 0 amide bonds. The molecule has 1 aliphatic heterocycles. The van der Waals surface area contributed by atoms with Gasteiger partial charge in [-0.3, -0.25) is 5.41 Å². The summed E-state index contributed by atoms with van der Waals surface area (Å²) in [4.78, 5) is 2.20. The highest BCUT2D eigenvalue weighted by Crippen LogP contribution is 2.32. The molecule has 120 valence electrons. The third-order valence-electron chi connectivity index (χ3n) is 4.44. The number of anilines is 1. The first-order chi connectivity index (χ1) is 10.4. The number of nitrogens with one attached hydrogen (secondary N) is 2. The van der Waals surface area contributed by atoms with Crippen molar-refractivity contribution in [3.63, 3.8) is 0 Å². The number of piperidine rings is 1. The normalized spacial score (nSPS) is 18.0. The van der Waals surface area contributed by atoms with Crippen LogP contribution in [0.2, 0.25) is 0 Å². The number of nitrogens with zero attached hydrogens (tertiary/aromatic N) is 1. The van der Waals surface area contributed by atoms with E-state index >= 15 is 0 Å². The van der Waals surface area contributed by atoms with Gasteiger partial charge in [0, 0.05) is 30.5 Å². The van der Waals surface area contributed by atoms with Crippen LogP contribution in [-0.4, -0.2) is 19.4 Å². The lowest BCUT2D eigenvalue weighted by atomic mass is 9.94. The smallest absolute Gasteiger partial charge is 0.130 e. The van der Waals surface area contributed by atoms with E-state index in [-0.39, 0.29) is 0 Å². The number of benzene rings is 1. The van der Waals surface area contributed by atoms with Crippen LogP contribution in [0.1, 0.15) is 43.4 Å². The van der Waals surface area contributed by atoms with Crippen LogP contribution in [0.5, 0.6) is 0 Å². The zero-order valence-corrected chi connectivity index (χ0v) is 14.8. The Bertz CT molecular complexity index is 588. The SMILES string of the molecule is CN/C(=C1/CCCN(c2c(C)cc(C)cc2C)C1=N)C(C)C. The van der Waals surface area contributed by atoms with Gasteiger partial charge in [0.1, 0.15) is 5.84 Å². The molecule has 1 fully saturated rings. The van der Waals surface area contributed by atoms with Crippen molar-refractivity contribution in [3.8, 4) is 0 Å². The van der Waals surface area contributed by atoms with Crippen molar-refractivity contribution in [1.82, 2.24) is 5.32 Å². The molecule has 2 rings (SSSR count). The molecule has 0 bridgehead atoms. The summed E-state index contributed by atoms with van der Waals surface area (Å²) in [6.45, 7) is 11.8. The number of hydrogen-bond donors (Lipinski definition) is 2. The van der Waals surface area contributed by atoms with E-state index in [1.807, 2.05) is 7.05 Å². The molecule has 0 radical (unpaired) electrons. The van der Waals surface area contributed by atoms with E-state index in [1.165, 1.54) is 33.6 Å². The van der Waals surface area contributed by atoms with Crippen LogP contribution in [0.4, 0.5) is 5.69 Å². The van der Waals surface area contributed by atoms with Crippen LogP contribution in [0.3, 0.4) is 0 Å². The minimum atomic E-state index is 0.417. The fourth-order valence-electron chi connectivity index (χ4n) is 3.68. The van der Waals surface area contributed by atoms with E-state index in [0.717, 1.165) is 19.4 Å². The van der Waals surface area contributed by atoms with Crippen molar-refractivity contribution in [2.45, 2.75) is 47.5 Å². The lowest BCUT2D eigenvalue weighted by Crippen LogP contribution is -2.39. The van der Waals surface area contributed by atoms with Crippen molar-refractivity contribution in [3.05, 3.63) is 40.1 Å². The van der Waals surface area contributed by atoms with Gasteiger partial charge in [0.25, 0.3) is 0 Å². The summed E-state index contributed by atoms with van der Waals surface area (Å²) in [6, 6.07) is 4.43. The van der Waals surface area contributed by atoms with Gasteiger partial charge in [0.15, 0.2) is 0 Å². The molecule has 0 aromatic heterocycles. The minimum Gasteiger partial charge on any atom is -0.391 e. The highest BCUT2D eigenvalue weighted by Gasteiger charge is 2.26. The topological polar surface area (TPSA) is 39.1 Å². The largest absolute Gasteiger partial charge is 0.391 e. The Morgan fingerprint density at radius 3 is 2.27 bits per heavy atom. The molecule has 0 spiro atoms. The molecule has 0 aliphatic carbocycles. The Kier molecular flexibility index (Phi) is 4.94. The van der Waals surface area contributed by atoms with Gasteiger partial charge >= 0.3 is 0 Å². The second-order valence-electron chi connectivity index (χ2n) is 6.65. The van der Waals surface area contributed by atoms with Crippen LogP contribution < -0.4 is 10.2 Å². The molecule has 3 nitrogen and oxygen atoms in total. The number of hydrogen-bond acceptors (Lipinski definition) is 2. The maximum Gasteiger partial charge on any atom is 0.130 e. The number of allylic oxidation sites excluding steroid dienone is 1. The predicted octanol–water partition coefficient (Wildman–Crippen LogP) is 4.32. The van der Waals surface area contributed by atoms with Gasteiger partial charge in [-0.05, 0) is 50.7 Å². The summed E-state index contributed by atoms with van der Waals surface area (Å²) in [5.41, 5.74) is 7.40. The number of amidine groups is 1. The molecule has 22 heavy (non-hydrogen) atoms. The zero-order valence-electron chi connectivity index (χ0n) is 14.8. The van der Waals surface area contributed by atoms with E-state index in [2.05, 4.69) is 57.0 Å². The molecule has 0 saturated carbocycles. The second-order valence-corrected chi connectivity index (χ2v) is 6.65. The van der Waals surface area contributed by atoms with Crippen molar-refractivity contribution < 1.29 is 0 Å². The van der Waals surface area contributed by atoms with Crippen molar-refractivity contribution in [1.29, 1.82) is 5.41 Å². The summed E-state index contributed by atoms with van der Waals surface area (Å²) in [6.07, 6.45) is 2.09. The maximum absolute atomic E-state index is 8.74. The maximum atomic E-state index is 8.74. The van der Waals surface area contributed by atoms with Crippen LogP contribution in [0.15, 0.2) is 23.4 Å². The summed E-state index contributed by atoms with van der Waals surface area (Å²) in [7, 11) is 1.97. The monoisotopic (exact) mass is 299 g/mol. The molecule has 1 aliphatic rings. The highest BCUT2D eigenvalue weighted by molar-refractivity contribution is 6.09. The average Bonchev–Trinajstić information content (AvgIpc) is 2.41. The Hall–Kier alpha value is -1.77. The Labute approximate surface area is 134 Å². The van der Waals surface area contributed by atoms with Gasteiger partial charge in [-0.1, -0.05) is 31.5 Å². The molecular formula is C19H29N3. The van der Waals surface area contributed by atoms with E-state index in [9.17, 15) is 0 Å². The standard InChI is InChI=1S/C19H29N3/c1-12(2)17(21-6)16-8-7-9-22(19(16)20)18-14(4)10-13(3)11-15(18)5/h10-12,20-21H,7-9H2,1-6H3/b17-16-,20-19?. The highest BCUT2D eigenvalue weighted by atomic mass is 15.2. The molecule has 0 atom stereocenters. The fraction of sp³-hybridized carbons (Fsp3) is 0.526. The lowest BCUT2D eigenvalue weighted by Gasteiger charge is -2.35. The first-order valence-corrected chi connectivity index (χ1v) is 8.22. The average molecular weight is 299 g/mol. The van der Waals surface area contributed by atoms with Crippen molar-refractivity contribution in [2.24, 2.45) is 5.92 Å². The summed E-state index contributed by atoms with van der Waals surface area (Å²) < 4.78 is 0. The third-order valence-corrected chi connectivity index (χ3v) is 4.44. The van der Waals surface area contributed by atoms with Gasteiger partial charge in [0.2, 0.25) is 0 Å². The van der Waals surface area contributed by atoms with Crippen LogP contribution in [0, 0.1) is 32.1 Å². The Morgan fingerprint density at radius 2 is 1.77 bits per heavy atom. The lowest BCUT2D eigenvalue weighted by molar-refractivity contribution is 0.667.